The Morgan fingerprint density at radius 1 is 0.870 bits per heavy atom. The van der Waals surface area contributed by atoms with Crippen LogP contribution in [-0.4, -0.2) is 59.5 Å². The number of rotatable bonds is 7. The van der Waals surface area contributed by atoms with Gasteiger partial charge in [-0.15, -0.1) is 0 Å². The predicted octanol–water partition coefficient (Wildman–Crippen LogP) is 5.04. The molecule has 1 saturated heterocycles. The third-order valence-electron chi connectivity index (χ3n) is 8.11. The smallest absolute Gasteiger partial charge is 0.303 e. The van der Waals surface area contributed by atoms with Crippen LogP contribution < -0.4 is 0 Å². The first-order chi connectivity index (χ1) is 22.0. The second-order valence-electron chi connectivity index (χ2n) is 11.3. The summed E-state index contributed by atoms with van der Waals surface area (Å²) in [6.45, 7) is 4.36. The van der Waals surface area contributed by atoms with Gasteiger partial charge in [-0.2, -0.15) is 5.26 Å². The molecule has 0 spiro atoms. The molecule has 46 heavy (non-hydrogen) atoms. The normalized spacial score (nSPS) is 22.2. The highest BCUT2D eigenvalue weighted by Gasteiger charge is 2.53. The molecule has 2 aromatic carbocycles. The van der Waals surface area contributed by atoms with Crippen molar-refractivity contribution in [2.45, 2.75) is 84.0 Å². The second-order valence-corrected chi connectivity index (χ2v) is 11.7. The number of ether oxygens (including phenoxy) is 5. The highest BCUT2D eigenvalue weighted by Crippen LogP contribution is 2.42. The molecular formula is C34H34N2O9S. The first kappa shape index (κ1) is 32.8. The molecule has 0 N–H and O–H groups in total. The minimum absolute atomic E-state index is 0.131. The molecule has 1 aliphatic heterocycles. The van der Waals surface area contributed by atoms with Gasteiger partial charge in [0.15, 0.2) is 24.5 Å². The molecule has 1 aromatic heterocycles. The van der Waals surface area contributed by atoms with Crippen molar-refractivity contribution < 1.29 is 42.9 Å². The standard InChI is InChI=1S/C34H34N2O9S/c1-18(37)41-17-28-30(42-19(2)38)31(43-20(3)39)32(44-21(4)40)33(45-28)36-27-15-8-7-13-25(27)29(26(16-35)34(36)46)24-14-9-11-22-10-5-6-12-23(22)24/h5-6,9-12,14,28,30-33H,7-8,13,15,17H2,1-4H3/t28-,30+,31-,32-,33+/m0/s1. The highest BCUT2D eigenvalue weighted by molar-refractivity contribution is 7.71. The molecule has 0 amide bonds. The van der Waals surface area contributed by atoms with Gasteiger partial charge in [0.1, 0.15) is 23.4 Å². The molecule has 11 nitrogen and oxygen atoms in total. The first-order valence-electron chi connectivity index (χ1n) is 15.0. The fourth-order valence-corrected chi connectivity index (χ4v) is 6.81. The molecule has 2 heterocycles. The van der Waals surface area contributed by atoms with Crippen LogP contribution in [0.25, 0.3) is 21.9 Å². The molecule has 1 aliphatic carbocycles. The molecule has 5 atom stereocenters. The SMILES string of the molecule is CC(=O)OC[C@@H]1O[C@@H](n2c3c(c(-c4cccc5ccccc45)c(C#N)c2=S)CCCC3)[C@@H](OC(C)=O)[C@@H](OC(C)=O)[C@@H]1OC(C)=O. The van der Waals surface area contributed by atoms with Crippen LogP contribution in [0.4, 0.5) is 0 Å². The number of carbonyl (C=O) groups is 4. The third kappa shape index (κ3) is 6.52. The maximum atomic E-state index is 12.5. The monoisotopic (exact) mass is 646 g/mol. The predicted molar refractivity (Wildman–Crippen MR) is 167 cm³/mol. The largest absolute Gasteiger partial charge is 0.463 e. The Hall–Kier alpha value is -4.60. The van der Waals surface area contributed by atoms with Crippen LogP contribution in [0.3, 0.4) is 0 Å². The Balaban J connectivity index is 1.78. The number of hydrogen-bond donors (Lipinski definition) is 0. The molecule has 0 saturated carbocycles. The van der Waals surface area contributed by atoms with E-state index in [9.17, 15) is 24.4 Å². The lowest BCUT2D eigenvalue weighted by atomic mass is 9.84. The fraction of sp³-hybridized carbons (Fsp3) is 0.412. The number of carbonyl (C=O) groups excluding carboxylic acids is 4. The Kier molecular flexibility index (Phi) is 9.84. The van der Waals surface area contributed by atoms with Crippen molar-refractivity contribution in [2.75, 3.05) is 6.61 Å². The number of nitriles is 1. The zero-order chi connectivity index (χ0) is 33.1. The number of benzene rings is 2. The summed E-state index contributed by atoms with van der Waals surface area (Å²) in [4.78, 5) is 49.0. The van der Waals surface area contributed by atoms with E-state index in [1.54, 1.807) is 4.57 Å². The number of hydrogen-bond acceptors (Lipinski definition) is 11. The van der Waals surface area contributed by atoms with Crippen LogP contribution in [0, 0.1) is 16.0 Å². The maximum absolute atomic E-state index is 12.5. The minimum atomic E-state index is -1.37. The fourth-order valence-electron chi connectivity index (χ4n) is 6.45. The van der Waals surface area contributed by atoms with E-state index in [0.717, 1.165) is 46.0 Å². The van der Waals surface area contributed by atoms with Gasteiger partial charge < -0.3 is 28.3 Å². The van der Waals surface area contributed by atoms with E-state index in [2.05, 4.69) is 6.07 Å². The summed E-state index contributed by atoms with van der Waals surface area (Å²) >= 11 is 6.05. The molecule has 0 bridgehead atoms. The molecular weight excluding hydrogens is 612 g/mol. The van der Waals surface area contributed by atoms with E-state index < -0.39 is 54.5 Å². The summed E-state index contributed by atoms with van der Waals surface area (Å²) < 4.78 is 30.5. The molecule has 0 unspecified atom stereocenters. The minimum Gasteiger partial charge on any atom is -0.463 e. The van der Waals surface area contributed by atoms with Crippen LogP contribution in [0.15, 0.2) is 42.5 Å². The van der Waals surface area contributed by atoms with Gasteiger partial charge >= 0.3 is 23.9 Å². The number of esters is 4. The summed E-state index contributed by atoms with van der Waals surface area (Å²) in [6, 6.07) is 16.2. The van der Waals surface area contributed by atoms with E-state index in [1.165, 1.54) is 27.7 Å². The molecule has 1 fully saturated rings. The number of aromatic nitrogens is 1. The molecule has 2 aliphatic rings. The summed E-state index contributed by atoms with van der Waals surface area (Å²) in [6.07, 6.45) is -3.54. The maximum Gasteiger partial charge on any atom is 0.303 e. The van der Waals surface area contributed by atoms with Crippen molar-refractivity contribution in [3.63, 3.8) is 0 Å². The second kappa shape index (κ2) is 13.8. The van der Waals surface area contributed by atoms with Crippen molar-refractivity contribution in [1.29, 1.82) is 5.26 Å². The van der Waals surface area contributed by atoms with Crippen molar-refractivity contribution in [1.82, 2.24) is 4.57 Å². The van der Waals surface area contributed by atoms with Crippen LogP contribution in [-0.2, 0) is 55.7 Å². The Morgan fingerprint density at radius 2 is 1.50 bits per heavy atom. The summed E-state index contributed by atoms with van der Waals surface area (Å²) in [7, 11) is 0. The van der Waals surface area contributed by atoms with Gasteiger partial charge in [0, 0.05) is 39.0 Å². The molecule has 12 heteroatoms. The third-order valence-corrected chi connectivity index (χ3v) is 8.51. The Labute approximate surface area is 270 Å². The quantitative estimate of drug-likeness (QED) is 0.193. The van der Waals surface area contributed by atoms with Gasteiger partial charge in [-0.05, 0) is 47.6 Å². The van der Waals surface area contributed by atoms with Gasteiger partial charge in [0.05, 0.1) is 5.56 Å². The van der Waals surface area contributed by atoms with Crippen molar-refractivity contribution >= 4 is 46.9 Å². The van der Waals surface area contributed by atoms with E-state index in [-0.39, 0.29) is 16.8 Å². The Bertz CT molecular complexity index is 1810. The lowest BCUT2D eigenvalue weighted by Gasteiger charge is -2.46. The van der Waals surface area contributed by atoms with Gasteiger partial charge in [-0.1, -0.05) is 54.7 Å². The van der Waals surface area contributed by atoms with E-state index in [0.29, 0.717) is 12.8 Å². The number of pyridine rings is 1. The number of fused-ring (bicyclic) bond motifs is 2. The van der Waals surface area contributed by atoms with Crippen molar-refractivity contribution in [3.05, 3.63) is 63.9 Å². The summed E-state index contributed by atoms with van der Waals surface area (Å²) in [5.41, 5.74) is 3.52. The van der Waals surface area contributed by atoms with Gasteiger partial charge in [-0.3, -0.25) is 19.2 Å². The average molecular weight is 647 g/mol. The van der Waals surface area contributed by atoms with Crippen molar-refractivity contribution in [2.24, 2.45) is 0 Å². The lowest BCUT2D eigenvalue weighted by molar-refractivity contribution is -0.269. The Morgan fingerprint density at radius 3 is 2.17 bits per heavy atom. The van der Waals surface area contributed by atoms with Gasteiger partial charge in [0.25, 0.3) is 0 Å². The molecule has 3 aromatic rings. The zero-order valence-electron chi connectivity index (χ0n) is 25.9. The number of nitrogens with zero attached hydrogens (tertiary/aromatic N) is 2. The molecule has 240 valence electrons. The molecule has 0 radical (unpaired) electrons. The molecule has 5 rings (SSSR count). The van der Waals surface area contributed by atoms with E-state index >= 15 is 0 Å². The van der Waals surface area contributed by atoms with Crippen molar-refractivity contribution in [3.8, 4) is 17.2 Å². The van der Waals surface area contributed by atoms with Crippen LogP contribution in [0.2, 0.25) is 0 Å². The van der Waals surface area contributed by atoms with Crippen LogP contribution in [0.5, 0.6) is 0 Å². The topological polar surface area (TPSA) is 143 Å². The van der Waals surface area contributed by atoms with E-state index in [1.807, 2.05) is 42.5 Å². The lowest BCUT2D eigenvalue weighted by Crippen LogP contribution is -2.61. The van der Waals surface area contributed by atoms with Gasteiger partial charge in [-0.25, -0.2) is 0 Å². The summed E-state index contributed by atoms with van der Waals surface area (Å²) in [5.74, 6) is -2.79. The van der Waals surface area contributed by atoms with Crippen LogP contribution in [0.1, 0.15) is 63.6 Å². The van der Waals surface area contributed by atoms with E-state index in [4.69, 9.17) is 35.9 Å². The first-order valence-corrected chi connectivity index (χ1v) is 15.4. The average Bonchev–Trinajstić information content (AvgIpc) is 3.01. The zero-order valence-corrected chi connectivity index (χ0v) is 26.8. The highest BCUT2D eigenvalue weighted by atomic mass is 32.1. The van der Waals surface area contributed by atoms with Gasteiger partial charge in [0.2, 0.25) is 0 Å². The summed E-state index contributed by atoms with van der Waals surface area (Å²) in [5, 5.41) is 12.6. The van der Waals surface area contributed by atoms with Crippen LogP contribution >= 0.6 is 12.2 Å².